The van der Waals surface area contributed by atoms with Crippen LogP contribution < -0.4 is 0 Å². The van der Waals surface area contributed by atoms with Crippen LogP contribution >= 0.6 is 0 Å². The lowest BCUT2D eigenvalue weighted by molar-refractivity contribution is 0.141. The fraction of sp³-hybridized carbons (Fsp3) is 0.176. The molecule has 0 aliphatic heterocycles. The second-order valence-corrected chi connectivity index (χ2v) is 5.41. The fourth-order valence-electron chi connectivity index (χ4n) is 2.80. The van der Waals surface area contributed by atoms with E-state index in [9.17, 15) is 25.5 Å². The molecule has 0 saturated carbocycles. The van der Waals surface area contributed by atoms with E-state index in [1.807, 2.05) is 0 Å². The zero-order chi connectivity index (χ0) is 15.9. The van der Waals surface area contributed by atoms with Gasteiger partial charge in [-0.15, -0.1) is 0 Å². The molecule has 0 aromatic heterocycles. The summed E-state index contributed by atoms with van der Waals surface area (Å²) < 4.78 is 0. The number of hydrogen-bond acceptors (Lipinski definition) is 5. The third-order valence-corrected chi connectivity index (χ3v) is 4.04. The van der Waals surface area contributed by atoms with Gasteiger partial charge in [0, 0.05) is 11.5 Å². The highest BCUT2D eigenvalue weighted by molar-refractivity contribution is 5.72. The molecule has 1 aliphatic rings. The number of aromatic hydroxyl groups is 3. The Kier molecular flexibility index (Phi) is 3.42. The van der Waals surface area contributed by atoms with Crippen LogP contribution in [0.1, 0.15) is 23.5 Å². The molecule has 5 nitrogen and oxygen atoms in total. The third-order valence-electron chi connectivity index (χ3n) is 4.04. The Bertz CT molecular complexity index is 733. The van der Waals surface area contributed by atoms with Crippen molar-refractivity contribution in [1.82, 2.24) is 0 Å². The zero-order valence-corrected chi connectivity index (χ0v) is 11.6. The summed E-state index contributed by atoms with van der Waals surface area (Å²) in [5.74, 6) is -0.879. The molecular formula is C17H16O5. The molecule has 0 spiro atoms. The normalized spacial score (nSPS) is 21.3. The van der Waals surface area contributed by atoms with Gasteiger partial charge in [0.2, 0.25) is 0 Å². The van der Waals surface area contributed by atoms with Crippen LogP contribution in [-0.2, 0) is 0 Å². The van der Waals surface area contributed by atoms with Gasteiger partial charge in [-0.1, -0.05) is 18.2 Å². The number of aliphatic hydroxyl groups is 2. The predicted molar refractivity (Wildman–Crippen MR) is 80.8 cm³/mol. The summed E-state index contributed by atoms with van der Waals surface area (Å²) in [7, 11) is 0. The van der Waals surface area contributed by atoms with E-state index in [2.05, 4.69) is 0 Å². The van der Waals surface area contributed by atoms with Crippen LogP contribution in [0, 0.1) is 0 Å². The molecule has 3 rings (SSSR count). The molecule has 114 valence electrons. The van der Waals surface area contributed by atoms with E-state index in [0.717, 1.165) is 5.56 Å². The van der Waals surface area contributed by atoms with Crippen molar-refractivity contribution in [2.75, 3.05) is 0 Å². The third kappa shape index (κ3) is 2.35. The lowest BCUT2D eigenvalue weighted by Crippen LogP contribution is -2.15. The average molecular weight is 300 g/mol. The van der Waals surface area contributed by atoms with Crippen LogP contribution in [0.25, 0.3) is 5.57 Å². The van der Waals surface area contributed by atoms with Gasteiger partial charge in [0.15, 0.2) is 11.5 Å². The summed E-state index contributed by atoms with van der Waals surface area (Å²) in [6.07, 6.45) is -0.685. The number of rotatable bonds is 2. The quantitative estimate of drug-likeness (QED) is 0.549. The first kappa shape index (κ1) is 14.3. The van der Waals surface area contributed by atoms with Crippen molar-refractivity contribution in [3.8, 4) is 17.2 Å². The summed E-state index contributed by atoms with van der Waals surface area (Å²) >= 11 is 0. The van der Waals surface area contributed by atoms with Gasteiger partial charge in [-0.25, -0.2) is 0 Å². The molecule has 0 saturated heterocycles. The molecule has 2 aromatic carbocycles. The van der Waals surface area contributed by atoms with E-state index in [1.165, 1.54) is 24.3 Å². The molecule has 22 heavy (non-hydrogen) atoms. The summed E-state index contributed by atoms with van der Waals surface area (Å²) in [5.41, 5.74) is 1.95. The van der Waals surface area contributed by atoms with Crippen molar-refractivity contribution in [2.45, 2.75) is 18.4 Å². The standard InChI is InChI=1S/C17H16O5/c18-11-4-1-9(2-5-11)12-8-13(17(22)16(12)21)10-3-6-14(19)15(20)7-10/h1-7,13,17-22H,8H2/t13-,17+/m0/s1. The molecule has 5 N–H and O–H groups in total. The number of hydrogen-bond donors (Lipinski definition) is 5. The summed E-state index contributed by atoms with van der Waals surface area (Å²) in [5, 5.41) is 48.7. The molecule has 1 aliphatic carbocycles. The van der Waals surface area contributed by atoms with Crippen molar-refractivity contribution in [2.24, 2.45) is 0 Å². The van der Waals surface area contributed by atoms with Gasteiger partial charge >= 0.3 is 0 Å². The van der Waals surface area contributed by atoms with Crippen LogP contribution in [0.4, 0.5) is 0 Å². The Morgan fingerprint density at radius 1 is 0.818 bits per heavy atom. The Morgan fingerprint density at radius 3 is 2.14 bits per heavy atom. The first-order valence-corrected chi connectivity index (χ1v) is 6.88. The lowest BCUT2D eigenvalue weighted by Gasteiger charge is -2.16. The van der Waals surface area contributed by atoms with Crippen LogP contribution in [0.2, 0.25) is 0 Å². The maximum atomic E-state index is 10.3. The van der Waals surface area contributed by atoms with Crippen molar-refractivity contribution >= 4 is 5.57 Å². The van der Waals surface area contributed by atoms with Crippen molar-refractivity contribution in [3.63, 3.8) is 0 Å². The van der Waals surface area contributed by atoms with Gasteiger partial charge in [0.1, 0.15) is 17.6 Å². The van der Waals surface area contributed by atoms with Gasteiger partial charge < -0.3 is 25.5 Å². The summed E-state index contributed by atoms with van der Waals surface area (Å²) in [6, 6.07) is 10.7. The summed E-state index contributed by atoms with van der Waals surface area (Å²) in [6.45, 7) is 0. The molecule has 2 aromatic rings. The molecule has 0 radical (unpaired) electrons. The zero-order valence-electron chi connectivity index (χ0n) is 11.6. The Morgan fingerprint density at radius 2 is 1.50 bits per heavy atom. The van der Waals surface area contributed by atoms with Crippen LogP contribution in [0.15, 0.2) is 48.2 Å². The minimum Gasteiger partial charge on any atom is -0.509 e. The van der Waals surface area contributed by atoms with Crippen LogP contribution in [0.3, 0.4) is 0 Å². The molecular weight excluding hydrogens is 284 g/mol. The minimum atomic E-state index is -1.08. The van der Waals surface area contributed by atoms with E-state index < -0.39 is 12.0 Å². The highest BCUT2D eigenvalue weighted by Crippen LogP contribution is 2.44. The van der Waals surface area contributed by atoms with Crippen molar-refractivity contribution in [1.29, 1.82) is 0 Å². The van der Waals surface area contributed by atoms with Crippen LogP contribution in [0.5, 0.6) is 17.2 Å². The molecule has 2 atom stereocenters. The van der Waals surface area contributed by atoms with Crippen molar-refractivity contribution < 1.29 is 25.5 Å². The predicted octanol–water partition coefficient (Wildman–Crippen LogP) is 2.62. The van der Waals surface area contributed by atoms with E-state index in [-0.39, 0.29) is 23.0 Å². The van der Waals surface area contributed by atoms with Gasteiger partial charge in [0.05, 0.1) is 0 Å². The van der Waals surface area contributed by atoms with E-state index in [1.54, 1.807) is 18.2 Å². The minimum absolute atomic E-state index is 0.108. The second kappa shape index (κ2) is 5.27. The largest absolute Gasteiger partial charge is 0.509 e. The van der Waals surface area contributed by atoms with E-state index in [0.29, 0.717) is 17.6 Å². The monoisotopic (exact) mass is 300 g/mol. The van der Waals surface area contributed by atoms with Gasteiger partial charge in [-0.3, -0.25) is 0 Å². The van der Waals surface area contributed by atoms with Crippen molar-refractivity contribution in [3.05, 3.63) is 59.4 Å². The number of aliphatic hydroxyl groups excluding tert-OH is 2. The molecule has 5 heteroatoms. The average Bonchev–Trinajstić information content (AvgIpc) is 2.79. The van der Waals surface area contributed by atoms with Gasteiger partial charge in [0.25, 0.3) is 0 Å². The number of phenols is 3. The number of phenolic OH excluding ortho intramolecular Hbond substituents is 3. The Hall–Kier alpha value is -2.66. The molecule has 0 bridgehead atoms. The van der Waals surface area contributed by atoms with E-state index >= 15 is 0 Å². The molecule has 0 heterocycles. The first-order chi connectivity index (χ1) is 10.5. The second-order valence-electron chi connectivity index (χ2n) is 5.41. The highest BCUT2D eigenvalue weighted by Gasteiger charge is 2.35. The SMILES string of the molecule is OC1=C(c2ccc(O)cc2)C[C@@H](c2ccc(O)c(O)c2)[C@H]1O. The topological polar surface area (TPSA) is 101 Å². The number of allylic oxidation sites excluding steroid dienone is 1. The Balaban J connectivity index is 1.93. The van der Waals surface area contributed by atoms with Gasteiger partial charge in [-0.2, -0.15) is 0 Å². The molecule has 0 unspecified atom stereocenters. The Labute approximate surface area is 127 Å². The molecule has 0 amide bonds. The smallest absolute Gasteiger partial charge is 0.157 e. The van der Waals surface area contributed by atoms with E-state index in [4.69, 9.17) is 0 Å². The highest BCUT2D eigenvalue weighted by atomic mass is 16.3. The maximum absolute atomic E-state index is 10.3. The number of benzene rings is 2. The first-order valence-electron chi connectivity index (χ1n) is 6.88. The van der Waals surface area contributed by atoms with Gasteiger partial charge in [-0.05, 0) is 41.8 Å². The lowest BCUT2D eigenvalue weighted by atomic mass is 9.92. The maximum Gasteiger partial charge on any atom is 0.157 e. The summed E-state index contributed by atoms with van der Waals surface area (Å²) in [4.78, 5) is 0. The molecule has 0 fully saturated rings. The van der Waals surface area contributed by atoms with Crippen LogP contribution in [-0.4, -0.2) is 31.6 Å². The fourth-order valence-corrected chi connectivity index (χ4v) is 2.80.